The minimum atomic E-state index is 0.718. The SMILES string of the molecule is S=c1[nH]ccn1-c1ccc2ccccc2c1. The lowest BCUT2D eigenvalue weighted by Crippen LogP contribution is -1.91. The second-order valence-corrected chi connectivity index (χ2v) is 4.05. The van der Waals surface area contributed by atoms with Gasteiger partial charge in [-0.2, -0.15) is 0 Å². The molecule has 0 aliphatic carbocycles. The van der Waals surface area contributed by atoms with Crippen LogP contribution in [0.4, 0.5) is 0 Å². The number of imidazole rings is 1. The summed E-state index contributed by atoms with van der Waals surface area (Å²) in [4.78, 5) is 2.99. The fraction of sp³-hybridized carbons (Fsp3) is 0. The summed E-state index contributed by atoms with van der Waals surface area (Å²) in [5.41, 5.74) is 1.09. The van der Waals surface area contributed by atoms with Crippen molar-refractivity contribution in [2.45, 2.75) is 0 Å². The Morgan fingerprint density at radius 1 is 1.00 bits per heavy atom. The molecule has 0 fully saturated rings. The van der Waals surface area contributed by atoms with Crippen molar-refractivity contribution in [3.8, 4) is 5.69 Å². The van der Waals surface area contributed by atoms with E-state index in [-0.39, 0.29) is 0 Å². The van der Waals surface area contributed by atoms with E-state index in [1.54, 1.807) is 0 Å². The number of rotatable bonds is 1. The lowest BCUT2D eigenvalue weighted by Gasteiger charge is -2.04. The molecular weight excluding hydrogens is 216 g/mol. The fourth-order valence-corrected chi connectivity index (χ4v) is 2.08. The highest BCUT2D eigenvalue weighted by Gasteiger charge is 1.98. The Bertz CT molecular complexity index is 694. The van der Waals surface area contributed by atoms with E-state index in [1.165, 1.54) is 10.8 Å². The Labute approximate surface area is 98.2 Å². The van der Waals surface area contributed by atoms with E-state index < -0.39 is 0 Å². The molecule has 16 heavy (non-hydrogen) atoms. The smallest absolute Gasteiger partial charge is 0.181 e. The van der Waals surface area contributed by atoms with E-state index in [0.717, 1.165) is 10.5 Å². The van der Waals surface area contributed by atoms with Gasteiger partial charge in [-0.1, -0.05) is 30.3 Å². The van der Waals surface area contributed by atoms with E-state index in [2.05, 4.69) is 35.3 Å². The van der Waals surface area contributed by atoms with Crippen molar-refractivity contribution in [3.05, 3.63) is 59.6 Å². The van der Waals surface area contributed by atoms with Crippen LogP contribution < -0.4 is 0 Å². The summed E-state index contributed by atoms with van der Waals surface area (Å²) in [5.74, 6) is 0. The van der Waals surface area contributed by atoms with Crippen molar-refractivity contribution in [1.82, 2.24) is 9.55 Å². The second kappa shape index (κ2) is 3.61. The first kappa shape index (κ1) is 9.36. The highest BCUT2D eigenvalue weighted by Crippen LogP contribution is 2.18. The third-order valence-corrected chi connectivity index (χ3v) is 2.97. The number of aromatic amines is 1. The van der Waals surface area contributed by atoms with Gasteiger partial charge in [-0.3, -0.25) is 4.57 Å². The molecular formula is C13H10N2S. The van der Waals surface area contributed by atoms with Gasteiger partial charge in [0.05, 0.1) is 0 Å². The molecule has 3 heteroatoms. The third kappa shape index (κ3) is 1.46. The van der Waals surface area contributed by atoms with Crippen LogP contribution in [0.25, 0.3) is 16.5 Å². The topological polar surface area (TPSA) is 20.7 Å². The van der Waals surface area contributed by atoms with Crippen molar-refractivity contribution >= 4 is 23.0 Å². The highest BCUT2D eigenvalue weighted by molar-refractivity contribution is 7.71. The maximum Gasteiger partial charge on any atom is 0.181 e. The number of nitrogens with one attached hydrogen (secondary N) is 1. The first-order chi connectivity index (χ1) is 7.84. The molecule has 2 nitrogen and oxygen atoms in total. The van der Waals surface area contributed by atoms with Crippen LogP contribution in [0.3, 0.4) is 0 Å². The Balaban J connectivity index is 2.27. The number of aromatic nitrogens is 2. The monoisotopic (exact) mass is 226 g/mol. The molecule has 0 saturated heterocycles. The largest absolute Gasteiger partial charge is 0.337 e. The van der Waals surface area contributed by atoms with Gasteiger partial charge in [0, 0.05) is 18.1 Å². The molecule has 0 aliphatic heterocycles. The van der Waals surface area contributed by atoms with Crippen molar-refractivity contribution in [1.29, 1.82) is 0 Å². The molecule has 0 aliphatic rings. The third-order valence-electron chi connectivity index (χ3n) is 2.66. The molecule has 3 aromatic rings. The summed E-state index contributed by atoms with van der Waals surface area (Å²) in [6, 6.07) is 14.6. The van der Waals surface area contributed by atoms with Crippen molar-refractivity contribution in [3.63, 3.8) is 0 Å². The zero-order valence-electron chi connectivity index (χ0n) is 8.55. The highest BCUT2D eigenvalue weighted by atomic mass is 32.1. The van der Waals surface area contributed by atoms with Gasteiger partial charge in [-0.05, 0) is 35.1 Å². The molecule has 1 aromatic heterocycles. The quantitative estimate of drug-likeness (QED) is 0.628. The zero-order chi connectivity index (χ0) is 11.0. The first-order valence-electron chi connectivity index (χ1n) is 5.10. The van der Waals surface area contributed by atoms with Gasteiger partial charge in [-0.15, -0.1) is 0 Å². The molecule has 0 saturated carbocycles. The predicted molar refractivity (Wildman–Crippen MR) is 68.5 cm³/mol. The molecule has 78 valence electrons. The molecule has 0 spiro atoms. The summed E-state index contributed by atoms with van der Waals surface area (Å²) in [5, 5.41) is 2.47. The number of benzene rings is 2. The Morgan fingerprint density at radius 3 is 2.56 bits per heavy atom. The lowest BCUT2D eigenvalue weighted by molar-refractivity contribution is 1.03. The maximum absolute atomic E-state index is 5.20. The Hall–Kier alpha value is -1.87. The van der Waals surface area contributed by atoms with Crippen LogP contribution in [-0.2, 0) is 0 Å². The van der Waals surface area contributed by atoms with Crippen LogP contribution in [0.2, 0.25) is 0 Å². The maximum atomic E-state index is 5.20. The molecule has 1 heterocycles. The van der Waals surface area contributed by atoms with Gasteiger partial charge < -0.3 is 4.98 Å². The first-order valence-corrected chi connectivity index (χ1v) is 5.51. The molecule has 0 amide bonds. The van der Waals surface area contributed by atoms with Gasteiger partial charge in [0.2, 0.25) is 0 Å². The van der Waals surface area contributed by atoms with Gasteiger partial charge in [-0.25, -0.2) is 0 Å². The average molecular weight is 226 g/mol. The van der Waals surface area contributed by atoms with Gasteiger partial charge in [0.15, 0.2) is 4.77 Å². The summed E-state index contributed by atoms with van der Waals surface area (Å²) >= 11 is 5.20. The standard InChI is InChI=1S/C13H10N2S/c16-13-14-7-8-15(13)12-6-5-10-3-1-2-4-11(10)9-12/h1-9H,(H,14,16). The van der Waals surface area contributed by atoms with Gasteiger partial charge in [0.25, 0.3) is 0 Å². The van der Waals surface area contributed by atoms with Crippen LogP contribution in [0.5, 0.6) is 0 Å². The number of nitrogens with zero attached hydrogens (tertiary/aromatic N) is 1. The summed E-state index contributed by atoms with van der Waals surface area (Å²) in [7, 11) is 0. The molecule has 0 atom stereocenters. The molecule has 0 radical (unpaired) electrons. The normalized spacial score (nSPS) is 10.8. The van der Waals surface area contributed by atoms with E-state index in [1.807, 2.05) is 29.1 Å². The second-order valence-electron chi connectivity index (χ2n) is 3.67. The molecule has 3 rings (SSSR count). The van der Waals surface area contributed by atoms with Gasteiger partial charge in [0.1, 0.15) is 0 Å². The van der Waals surface area contributed by atoms with Crippen LogP contribution in [0.1, 0.15) is 0 Å². The summed E-state index contributed by atoms with van der Waals surface area (Å²) in [6.07, 6.45) is 3.78. The number of hydrogen-bond acceptors (Lipinski definition) is 1. The molecule has 1 N–H and O–H groups in total. The van der Waals surface area contributed by atoms with Crippen LogP contribution in [-0.4, -0.2) is 9.55 Å². The molecule has 2 aromatic carbocycles. The molecule has 0 unspecified atom stereocenters. The van der Waals surface area contributed by atoms with E-state index in [4.69, 9.17) is 12.2 Å². The number of fused-ring (bicyclic) bond motifs is 1. The minimum absolute atomic E-state index is 0.718. The van der Waals surface area contributed by atoms with Crippen molar-refractivity contribution < 1.29 is 0 Å². The predicted octanol–water partition coefficient (Wildman–Crippen LogP) is 3.69. The number of hydrogen-bond donors (Lipinski definition) is 1. The Kier molecular flexibility index (Phi) is 2.11. The lowest BCUT2D eigenvalue weighted by atomic mass is 10.1. The summed E-state index contributed by atoms with van der Waals surface area (Å²) < 4.78 is 2.68. The summed E-state index contributed by atoms with van der Waals surface area (Å²) in [6.45, 7) is 0. The van der Waals surface area contributed by atoms with Crippen LogP contribution in [0.15, 0.2) is 54.9 Å². The Morgan fingerprint density at radius 2 is 1.81 bits per heavy atom. The number of H-pyrrole nitrogens is 1. The fourth-order valence-electron chi connectivity index (χ4n) is 1.85. The average Bonchev–Trinajstić information content (AvgIpc) is 2.75. The van der Waals surface area contributed by atoms with E-state index >= 15 is 0 Å². The van der Waals surface area contributed by atoms with Crippen molar-refractivity contribution in [2.24, 2.45) is 0 Å². The van der Waals surface area contributed by atoms with E-state index in [0.29, 0.717) is 0 Å². The zero-order valence-corrected chi connectivity index (χ0v) is 9.37. The minimum Gasteiger partial charge on any atom is -0.337 e. The molecule has 0 bridgehead atoms. The van der Waals surface area contributed by atoms with E-state index in [9.17, 15) is 0 Å². The van der Waals surface area contributed by atoms with Gasteiger partial charge >= 0.3 is 0 Å². The van der Waals surface area contributed by atoms with Crippen molar-refractivity contribution in [2.75, 3.05) is 0 Å². The van der Waals surface area contributed by atoms with Crippen LogP contribution in [0, 0.1) is 4.77 Å². The van der Waals surface area contributed by atoms with Crippen LogP contribution >= 0.6 is 12.2 Å².